The summed E-state index contributed by atoms with van der Waals surface area (Å²) in [5.41, 5.74) is 4.75. The predicted molar refractivity (Wildman–Crippen MR) is 132 cm³/mol. The fraction of sp³-hybridized carbons (Fsp3) is 0.385. The third kappa shape index (κ3) is 5.56. The zero-order chi connectivity index (χ0) is 24.3. The molecule has 1 N–H and O–H groups in total. The number of benzene rings is 2. The van der Waals surface area contributed by atoms with Gasteiger partial charge in [-0.15, -0.1) is 0 Å². The zero-order valence-corrected chi connectivity index (χ0v) is 20.7. The lowest BCUT2D eigenvalue weighted by Crippen LogP contribution is -2.19. The van der Waals surface area contributed by atoms with Gasteiger partial charge in [0.1, 0.15) is 0 Å². The smallest absolute Gasteiger partial charge is 0.225 e. The van der Waals surface area contributed by atoms with Crippen molar-refractivity contribution in [2.24, 2.45) is 0 Å². The van der Waals surface area contributed by atoms with Gasteiger partial charge in [0.05, 0.1) is 16.3 Å². The Bertz CT molecular complexity index is 1290. The summed E-state index contributed by atoms with van der Waals surface area (Å²) in [6, 6.07) is 12.9. The first kappa shape index (κ1) is 24.2. The van der Waals surface area contributed by atoms with E-state index in [1.807, 2.05) is 44.2 Å². The lowest BCUT2D eigenvalue weighted by molar-refractivity contribution is -0.115. The minimum atomic E-state index is -3.67. The maximum Gasteiger partial charge on any atom is 0.225 e. The molecule has 1 aromatic heterocycles. The van der Waals surface area contributed by atoms with Crippen LogP contribution in [0.2, 0.25) is 0 Å². The molecule has 34 heavy (non-hydrogen) atoms. The van der Waals surface area contributed by atoms with Gasteiger partial charge < -0.3 is 9.84 Å². The van der Waals surface area contributed by atoms with E-state index in [4.69, 9.17) is 4.52 Å². The Labute approximate surface area is 201 Å². The van der Waals surface area contributed by atoms with Gasteiger partial charge in [0.15, 0.2) is 15.6 Å². The lowest BCUT2D eigenvalue weighted by Gasteiger charge is -2.15. The molecule has 7 nitrogen and oxygen atoms in total. The molecule has 180 valence electrons. The number of hydrogen-bond acceptors (Lipinski definition) is 6. The third-order valence-electron chi connectivity index (χ3n) is 6.36. The molecule has 0 aliphatic carbocycles. The van der Waals surface area contributed by atoms with Crippen molar-refractivity contribution < 1.29 is 17.7 Å². The molecule has 0 atom stereocenters. The van der Waals surface area contributed by atoms with Crippen molar-refractivity contribution in [3.8, 4) is 11.3 Å². The van der Waals surface area contributed by atoms with Gasteiger partial charge in [0.2, 0.25) is 5.91 Å². The van der Waals surface area contributed by atoms with E-state index >= 15 is 0 Å². The second-order valence-corrected chi connectivity index (χ2v) is 11.1. The molecule has 1 aliphatic heterocycles. The molecule has 4 rings (SSSR count). The quantitative estimate of drug-likeness (QED) is 0.503. The molecule has 0 spiro atoms. The molecule has 8 heteroatoms. The van der Waals surface area contributed by atoms with Crippen LogP contribution >= 0.6 is 0 Å². The van der Waals surface area contributed by atoms with Crippen LogP contribution in [0.15, 0.2) is 51.9 Å². The van der Waals surface area contributed by atoms with Crippen molar-refractivity contribution in [3.05, 3.63) is 64.8 Å². The highest BCUT2D eigenvalue weighted by Gasteiger charge is 2.21. The minimum absolute atomic E-state index is 0.122. The minimum Gasteiger partial charge on any atom is -0.356 e. The number of aromatic nitrogens is 1. The Balaban J connectivity index is 1.42. The van der Waals surface area contributed by atoms with Gasteiger partial charge in [0, 0.05) is 29.8 Å². The molecule has 0 saturated carbocycles. The third-order valence-corrected chi connectivity index (χ3v) is 8.21. The summed E-state index contributed by atoms with van der Waals surface area (Å²) < 4.78 is 31.6. The van der Waals surface area contributed by atoms with Gasteiger partial charge in [-0.1, -0.05) is 29.4 Å². The Morgan fingerprint density at radius 2 is 1.85 bits per heavy atom. The van der Waals surface area contributed by atoms with Crippen molar-refractivity contribution in [1.29, 1.82) is 0 Å². The van der Waals surface area contributed by atoms with E-state index in [-0.39, 0.29) is 23.0 Å². The number of anilines is 1. The van der Waals surface area contributed by atoms with Gasteiger partial charge in [-0.3, -0.25) is 9.69 Å². The number of rotatable bonds is 8. The van der Waals surface area contributed by atoms with E-state index in [1.54, 1.807) is 19.1 Å². The number of nitrogens with one attached hydrogen (secondary N) is 1. The molecular formula is C26H31N3O4S. The zero-order valence-electron chi connectivity index (χ0n) is 19.9. The van der Waals surface area contributed by atoms with E-state index in [0.717, 1.165) is 36.5 Å². The number of amides is 1. The first-order valence-corrected chi connectivity index (χ1v) is 13.3. The maximum atomic E-state index is 13.1. The molecule has 2 heterocycles. The molecule has 3 aromatic rings. The summed E-state index contributed by atoms with van der Waals surface area (Å²) in [6.45, 7) is 8.54. The molecule has 1 fully saturated rings. The summed E-state index contributed by atoms with van der Waals surface area (Å²) in [4.78, 5) is 15.2. The number of sulfone groups is 1. The molecule has 0 unspecified atom stereocenters. The second-order valence-electron chi connectivity index (χ2n) is 9.00. The van der Waals surface area contributed by atoms with E-state index in [9.17, 15) is 13.2 Å². The molecule has 1 saturated heterocycles. The standard InChI is InChI=1S/C26H31N3O4S/c1-18-9-10-22(26-19(2)20(3)28-33-26)16-24(18)34(31,32)14-11-25(30)27-23-8-6-7-21(15-23)17-29-12-4-5-13-29/h6-10,15-16H,4-5,11-14,17H2,1-3H3,(H,27,30). The first-order chi connectivity index (χ1) is 16.2. The van der Waals surface area contributed by atoms with Crippen LogP contribution in [0.4, 0.5) is 5.69 Å². The number of likely N-dealkylation sites (tertiary alicyclic amines) is 1. The Hall–Kier alpha value is -2.97. The highest BCUT2D eigenvalue weighted by molar-refractivity contribution is 7.91. The Kier molecular flexibility index (Phi) is 7.19. The topological polar surface area (TPSA) is 92.5 Å². The maximum absolute atomic E-state index is 13.1. The molecule has 2 aromatic carbocycles. The fourth-order valence-corrected chi connectivity index (χ4v) is 5.81. The molecule has 1 aliphatic rings. The number of carbonyl (C=O) groups excluding carboxylic acids is 1. The SMILES string of the molecule is Cc1ccc(-c2onc(C)c2C)cc1S(=O)(=O)CCC(=O)Nc1cccc(CN2CCCC2)c1. The summed E-state index contributed by atoms with van der Waals surface area (Å²) in [7, 11) is -3.67. The molecule has 0 radical (unpaired) electrons. The van der Waals surface area contributed by atoms with Crippen LogP contribution in [-0.4, -0.2) is 43.2 Å². The number of aryl methyl sites for hydroxylation is 2. The van der Waals surface area contributed by atoms with Crippen molar-refractivity contribution >= 4 is 21.4 Å². The van der Waals surface area contributed by atoms with Crippen LogP contribution < -0.4 is 5.32 Å². The van der Waals surface area contributed by atoms with Crippen LogP contribution in [-0.2, 0) is 21.2 Å². The van der Waals surface area contributed by atoms with Crippen molar-refractivity contribution in [3.63, 3.8) is 0 Å². The van der Waals surface area contributed by atoms with Gasteiger partial charge in [-0.25, -0.2) is 8.42 Å². The van der Waals surface area contributed by atoms with Gasteiger partial charge in [0.25, 0.3) is 0 Å². The number of carbonyl (C=O) groups is 1. The van der Waals surface area contributed by atoms with Crippen LogP contribution in [0, 0.1) is 20.8 Å². The monoisotopic (exact) mass is 481 g/mol. The van der Waals surface area contributed by atoms with Crippen LogP contribution in [0.3, 0.4) is 0 Å². The summed E-state index contributed by atoms with van der Waals surface area (Å²) in [5.74, 6) is -0.0386. The van der Waals surface area contributed by atoms with Crippen LogP contribution in [0.1, 0.15) is 41.6 Å². The van der Waals surface area contributed by atoms with E-state index in [0.29, 0.717) is 22.6 Å². The van der Waals surface area contributed by atoms with Crippen LogP contribution in [0.5, 0.6) is 0 Å². The van der Waals surface area contributed by atoms with Crippen LogP contribution in [0.25, 0.3) is 11.3 Å². The first-order valence-electron chi connectivity index (χ1n) is 11.6. The second kappa shape index (κ2) is 10.1. The highest BCUT2D eigenvalue weighted by Crippen LogP contribution is 2.29. The normalized spacial score (nSPS) is 14.4. The van der Waals surface area contributed by atoms with Gasteiger partial charge >= 0.3 is 0 Å². The lowest BCUT2D eigenvalue weighted by atomic mass is 10.1. The average molecular weight is 482 g/mol. The van der Waals surface area contributed by atoms with E-state index < -0.39 is 9.84 Å². The van der Waals surface area contributed by atoms with Crippen molar-refractivity contribution in [1.82, 2.24) is 10.1 Å². The Morgan fingerprint density at radius 1 is 1.09 bits per heavy atom. The molecule has 1 amide bonds. The number of nitrogens with zero attached hydrogens (tertiary/aromatic N) is 2. The predicted octanol–water partition coefficient (Wildman–Crippen LogP) is 4.67. The van der Waals surface area contributed by atoms with Gasteiger partial charge in [-0.2, -0.15) is 0 Å². The summed E-state index contributed by atoms with van der Waals surface area (Å²) in [6.07, 6.45) is 2.33. The highest BCUT2D eigenvalue weighted by atomic mass is 32.2. The van der Waals surface area contributed by atoms with E-state index in [2.05, 4.69) is 15.4 Å². The molecular weight excluding hydrogens is 450 g/mol. The Morgan fingerprint density at radius 3 is 2.56 bits per heavy atom. The summed E-state index contributed by atoms with van der Waals surface area (Å²) in [5, 5.41) is 6.81. The molecule has 0 bridgehead atoms. The van der Waals surface area contributed by atoms with Crippen molar-refractivity contribution in [2.75, 3.05) is 24.2 Å². The number of hydrogen-bond donors (Lipinski definition) is 1. The average Bonchev–Trinajstić information content (AvgIpc) is 3.43. The fourth-order valence-electron chi connectivity index (χ4n) is 4.27. The van der Waals surface area contributed by atoms with Gasteiger partial charge in [-0.05, 0) is 76.0 Å². The largest absolute Gasteiger partial charge is 0.356 e. The van der Waals surface area contributed by atoms with E-state index in [1.165, 1.54) is 12.8 Å². The van der Waals surface area contributed by atoms with Crippen molar-refractivity contribution in [2.45, 2.75) is 51.5 Å². The summed E-state index contributed by atoms with van der Waals surface area (Å²) >= 11 is 0.